The molecule has 6 heteroatoms. The van der Waals surface area contributed by atoms with Crippen molar-refractivity contribution < 1.29 is 14.4 Å². The van der Waals surface area contributed by atoms with E-state index in [4.69, 9.17) is 9.57 Å². The van der Waals surface area contributed by atoms with Gasteiger partial charge in [-0.3, -0.25) is 9.63 Å². The fraction of sp³-hybridized carbons (Fsp3) is 0.967. The van der Waals surface area contributed by atoms with E-state index in [2.05, 4.69) is 36.3 Å². The van der Waals surface area contributed by atoms with Crippen molar-refractivity contribution >= 4 is 5.91 Å². The minimum absolute atomic E-state index is 0.132. The van der Waals surface area contributed by atoms with Gasteiger partial charge in [-0.25, -0.2) is 0 Å². The van der Waals surface area contributed by atoms with Crippen LogP contribution in [-0.2, 0) is 14.4 Å². The normalized spacial score (nSPS) is 36.9. The molecule has 4 fully saturated rings. The quantitative estimate of drug-likeness (QED) is 0.446. The molecule has 208 valence electrons. The van der Waals surface area contributed by atoms with Crippen LogP contribution in [-0.4, -0.2) is 75.5 Å². The molecule has 1 heterocycles. The molecular formula is C30H55N3O3. The predicted octanol–water partition coefficient (Wildman–Crippen LogP) is 5.12. The van der Waals surface area contributed by atoms with Crippen molar-refractivity contribution in [1.82, 2.24) is 15.3 Å². The first kappa shape index (κ1) is 28.3. The zero-order valence-corrected chi connectivity index (χ0v) is 23.8. The molecule has 3 aliphatic carbocycles. The van der Waals surface area contributed by atoms with Crippen molar-refractivity contribution in [3.05, 3.63) is 0 Å². The summed E-state index contributed by atoms with van der Waals surface area (Å²) in [6.45, 7) is 6.04. The number of carbonyl (C=O) groups is 1. The molecule has 1 saturated heterocycles. The van der Waals surface area contributed by atoms with Gasteiger partial charge in [0.25, 0.3) is 0 Å². The molecular weight excluding hydrogens is 450 g/mol. The number of ether oxygens (including phenoxy) is 1. The first-order valence-electron chi connectivity index (χ1n) is 15.3. The molecule has 1 N–H and O–H groups in total. The van der Waals surface area contributed by atoms with Gasteiger partial charge in [0.2, 0.25) is 5.91 Å². The van der Waals surface area contributed by atoms with Crippen LogP contribution in [0.15, 0.2) is 0 Å². The molecule has 7 unspecified atom stereocenters. The van der Waals surface area contributed by atoms with Crippen LogP contribution in [0.2, 0.25) is 0 Å². The number of hydroxylamine groups is 2. The van der Waals surface area contributed by atoms with E-state index in [1.807, 2.05) is 7.11 Å². The van der Waals surface area contributed by atoms with Crippen LogP contribution < -0.4 is 5.32 Å². The average molecular weight is 506 g/mol. The molecule has 1 aliphatic heterocycles. The van der Waals surface area contributed by atoms with E-state index in [0.717, 1.165) is 51.4 Å². The average Bonchev–Trinajstić information content (AvgIpc) is 3.36. The van der Waals surface area contributed by atoms with E-state index < -0.39 is 0 Å². The van der Waals surface area contributed by atoms with Gasteiger partial charge in [0, 0.05) is 44.6 Å². The number of nitrogens with zero attached hydrogens (tertiary/aromatic N) is 2. The maximum Gasteiger partial charge on any atom is 0.223 e. The number of rotatable bonds is 10. The molecule has 0 bridgehead atoms. The van der Waals surface area contributed by atoms with E-state index >= 15 is 0 Å². The molecule has 36 heavy (non-hydrogen) atoms. The fourth-order valence-electron chi connectivity index (χ4n) is 7.94. The predicted molar refractivity (Wildman–Crippen MR) is 145 cm³/mol. The zero-order chi connectivity index (χ0) is 25.5. The fourth-order valence-corrected chi connectivity index (χ4v) is 7.94. The van der Waals surface area contributed by atoms with E-state index in [0.29, 0.717) is 35.6 Å². The van der Waals surface area contributed by atoms with Gasteiger partial charge in [-0.05, 0) is 82.7 Å². The number of carbonyl (C=O) groups excluding carboxylic acids is 1. The van der Waals surface area contributed by atoms with E-state index in [1.54, 1.807) is 0 Å². The number of methoxy groups -OCH3 is 1. The molecule has 0 spiro atoms. The Bertz CT molecular complexity index is 668. The van der Waals surface area contributed by atoms with Gasteiger partial charge in [0.05, 0.1) is 12.7 Å². The lowest BCUT2D eigenvalue weighted by molar-refractivity contribution is -0.145. The second kappa shape index (κ2) is 13.9. The molecule has 0 aromatic carbocycles. The molecule has 7 atom stereocenters. The molecule has 0 radical (unpaired) electrons. The highest BCUT2D eigenvalue weighted by molar-refractivity contribution is 5.78. The lowest BCUT2D eigenvalue weighted by Crippen LogP contribution is -2.49. The molecule has 6 nitrogen and oxygen atoms in total. The summed E-state index contributed by atoms with van der Waals surface area (Å²) in [7, 11) is 6.30. The van der Waals surface area contributed by atoms with Gasteiger partial charge in [0.15, 0.2) is 0 Å². The molecule has 4 aliphatic rings. The summed E-state index contributed by atoms with van der Waals surface area (Å²) in [5.41, 5.74) is 0. The summed E-state index contributed by atoms with van der Waals surface area (Å²) < 4.78 is 6.26. The number of hydrogen-bond donors (Lipinski definition) is 1. The van der Waals surface area contributed by atoms with Crippen molar-refractivity contribution in [3.63, 3.8) is 0 Å². The Hall–Kier alpha value is -0.690. The lowest BCUT2D eigenvalue weighted by Gasteiger charge is -2.46. The Kier molecular flexibility index (Phi) is 10.9. The van der Waals surface area contributed by atoms with Gasteiger partial charge in [0.1, 0.15) is 0 Å². The smallest absolute Gasteiger partial charge is 0.223 e. The topological polar surface area (TPSA) is 54.0 Å². The van der Waals surface area contributed by atoms with Crippen LogP contribution in [0.5, 0.6) is 0 Å². The summed E-state index contributed by atoms with van der Waals surface area (Å²) in [6, 6.07) is 0.475. The third-order valence-electron chi connectivity index (χ3n) is 10.2. The van der Waals surface area contributed by atoms with Crippen LogP contribution >= 0.6 is 0 Å². The Morgan fingerprint density at radius 2 is 1.83 bits per heavy atom. The maximum absolute atomic E-state index is 13.4. The third kappa shape index (κ3) is 7.45. The Labute approximate surface area is 221 Å². The number of nitrogens with one attached hydrogen (secondary N) is 1. The van der Waals surface area contributed by atoms with E-state index in [1.165, 1.54) is 64.2 Å². The summed E-state index contributed by atoms with van der Waals surface area (Å²) >= 11 is 0. The number of amides is 1. The molecule has 0 aromatic heterocycles. The highest BCUT2D eigenvalue weighted by atomic mass is 16.7. The molecule has 3 saturated carbocycles. The van der Waals surface area contributed by atoms with Crippen molar-refractivity contribution in [1.29, 1.82) is 0 Å². The summed E-state index contributed by atoms with van der Waals surface area (Å²) in [5, 5.41) is 5.58. The standard InChI is InChI=1S/C30H55N3O3/c1-5-22-19-33(36-21-22)20-24-12-9-13-28(29(24)35-4)25-16-26(18-27(17-25)32(2)3)30(34)31-15-14-23-10-7-6-8-11-23/h22-29H,5-21H2,1-4H3,(H,31,34). The van der Waals surface area contributed by atoms with Crippen molar-refractivity contribution in [2.75, 3.05) is 47.4 Å². The third-order valence-corrected chi connectivity index (χ3v) is 10.2. The van der Waals surface area contributed by atoms with Gasteiger partial charge < -0.3 is 15.0 Å². The van der Waals surface area contributed by atoms with Crippen LogP contribution in [0.1, 0.15) is 90.4 Å². The second-order valence-electron chi connectivity index (χ2n) is 12.8. The summed E-state index contributed by atoms with van der Waals surface area (Å²) in [5.74, 6) is 3.54. The van der Waals surface area contributed by atoms with Crippen LogP contribution in [0.3, 0.4) is 0 Å². The first-order chi connectivity index (χ1) is 17.5. The van der Waals surface area contributed by atoms with Gasteiger partial charge >= 0.3 is 0 Å². The lowest BCUT2D eigenvalue weighted by atomic mass is 9.65. The molecule has 4 rings (SSSR count). The summed E-state index contributed by atoms with van der Waals surface area (Å²) in [6.07, 6.45) is 16.4. The van der Waals surface area contributed by atoms with Crippen molar-refractivity contribution in [2.45, 2.75) is 103 Å². The molecule has 0 aromatic rings. The van der Waals surface area contributed by atoms with Crippen molar-refractivity contribution in [3.8, 4) is 0 Å². The largest absolute Gasteiger partial charge is 0.381 e. The van der Waals surface area contributed by atoms with Gasteiger partial charge in [-0.15, -0.1) is 0 Å². The van der Waals surface area contributed by atoms with Gasteiger partial charge in [-0.2, -0.15) is 5.06 Å². The Morgan fingerprint density at radius 1 is 1.03 bits per heavy atom. The number of hydrogen-bond acceptors (Lipinski definition) is 5. The van der Waals surface area contributed by atoms with E-state index in [-0.39, 0.29) is 12.0 Å². The SMILES string of the molecule is CCC1CON(CC2CCCC(C3CC(C(=O)NCCC4CCCCC4)CC(N(C)C)C3)C2OC)C1. The highest BCUT2D eigenvalue weighted by Crippen LogP contribution is 2.44. The Balaban J connectivity index is 1.35. The van der Waals surface area contributed by atoms with Crippen LogP contribution in [0.4, 0.5) is 0 Å². The van der Waals surface area contributed by atoms with Crippen LogP contribution in [0.25, 0.3) is 0 Å². The minimum Gasteiger partial charge on any atom is -0.381 e. The minimum atomic E-state index is 0.132. The molecule has 1 amide bonds. The zero-order valence-electron chi connectivity index (χ0n) is 23.8. The van der Waals surface area contributed by atoms with Crippen LogP contribution in [0, 0.1) is 35.5 Å². The first-order valence-corrected chi connectivity index (χ1v) is 15.3. The van der Waals surface area contributed by atoms with Crippen molar-refractivity contribution in [2.24, 2.45) is 35.5 Å². The maximum atomic E-state index is 13.4. The summed E-state index contributed by atoms with van der Waals surface area (Å²) in [4.78, 5) is 21.7. The van der Waals surface area contributed by atoms with E-state index in [9.17, 15) is 4.79 Å². The highest BCUT2D eigenvalue weighted by Gasteiger charge is 2.44. The van der Waals surface area contributed by atoms with Gasteiger partial charge in [-0.1, -0.05) is 45.4 Å². The monoisotopic (exact) mass is 505 g/mol. The second-order valence-corrected chi connectivity index (χ2v) is 12.8. The Morgan fingerprint density at radius 3 is 2.53 bits per heavy atom.